The number of carbonyl (C=O) groups is 3. The van der Waals surface area contributed by atoms with Crippen LogP contribution in [-0.4, -0.2) is 47.9 Å². The molecule has 4 rings (SSSR count). The van der Waals surface area contributed by atoms with E-state index in [1.54, 1.807) is 0 Å². The average molecular weight is 549 g/mol. The molecular weight excluding hydrogens is 496 g/mol. The van der Waals surface area contributed by atoms with Crippen LogP contribution in [-0.2, 0) is 28.6 Å². The van der Waals surface area contributed by atoms with Crippen molar-refractivity contribution in [1.82, 2.24) is 0 Å². The molecule has 0 saturated heterocycles. The molecule has 222 valence electrons. The van der Waals surface area contributed by atoms with E-state index in [-0.39, 0.29) is 83.2 Å². The summed E-state index contributed by atoms with van der Waals surface area (Å²) in [4.78, 5) is 36.9. The van der Waals surface area contributed by atoms with Crippen molar-refractivity contribution in [1.29, 1.82) is 0 Å². The van der Waals surface area contributed by atoms with Gasteiger partial charge in [-0.15, -0.1) is 0 Å². The number of hydrogen-bond donors (Lipinski definition) is 1. The van der Waals surface area contributed by atoms with E-state index in [9.17, 15) is 19.5 Å². The van der Waals surface area contributed by atoms with Crippen LogP contribution in [0.1, 0.15) is 106 Å². The molecule has 4 aliphatic carbocycles. The van der Waals surface area contributed by atoms with Gasteiger partial charge in [0, 0.05) is 38.7 Å². The Morgan fingerprint density at radius 1 is 0.897 bits per heavy atom. The van der Waals surface area contributed by atoms with Gasteiger partial charge in [-0.2, -0.15) is 0 Å². The van der Waals surface area contributed by atoms with Crippen LogP contribution >= 0.6 is 0 Å². The quantitative estimate of drug-likeness (QED) is 0.307. The maximum absolute atomic E-state index is 12.6. The van der Waals surface area contributed by atoms with Crippen LogP contribution in [0.5, 0.6) is 0 Å². The van der Waals surface area contributed by atoms with Crippen molar-refractivity contribution in [3.63, 3.8) is 0 Å². The average Bonchev–Trinajstić information content (AvgIpc) is 3.21. The maximum atomic E-state index is 12.6. The zero-order valence-corrected chi connectivity index (χ0v) is 25.2. The number of fused-ring (bicyclic) bond motifs is 5. The Kier molecular flexibility index (Phi) is 9.10. The Morgan fingerprint density at radius 2 is 1.56 bits per heavy atom. The number of hydrogen-bond acceptors (Lipinski definition) is 7. The number of aliphatic hydroxyl groups is 1. The molecule has 39 heavy (non-hydrogen) atoms. The molecule has 4 aliphatic rings. The third kappa shape index (κ3) is 5.38. The van der Waals surface area contributed by atoms with Gasteiger partial charge >= 0.3 is 17.9 Å². The lowest BCUT2D eigenvalue weighted by atomic mass is 9.40. The molecule has 4 saturated carbocycles. The second kappa shape index (κ2) is 11.7. The van der Waals surface area contributed by atoms with E-state index in [0.29, 0.717) is 11.8 Å². The van der Waals surface area contributed by atoms with E-state index >= 15 is 0 Å². The van der Waals surface area contributed by atoms with Gasteiger partial charge in [-0.25, -0.2) is 0 Å². The summed E-state index contributed by atoms with van der Waals surface area (Å²) in [5.41, 5.74) is -0.227. The Labute approximate surface area is 235 Å². The predicted octanol–water partition coefficient (Wildman–Crippen LogP) is 5.70. The summed E-state index contributed by atoms with van der Waals surface area (Å²) in [6.07, 6.45) is 7.60. The normalized spacial score (nSPS) is 43.8. The number of ether oxygens (including phenoxy) is 3. The van der Waals surface area contributed by atoms with Gasteiger partial charge in [-0.05, 0) is 98.7 Å². The molecule has 1 N–H and O–H groups in total. The lowest BCUT2D eigenvalue weighted by Gasteiger charge is -2.66. The summed E-state index contributed by atoms with van der Waals surface area (Å²) in [6.45, 7) is 14.0. The highest BCUT2D eigenvalue weighted by molar-refractivity contribution is 5.67. The summed E-state index contributed by atoms with van der Waals surface area (Å²) in [7, 11) is 0. The van der Waals surface area contributed by atoms with Crippen molar-refractivity contribution in [2.45, 2.75) is 125 Å². The van der Waals surface area contributed by atoms with Crippen LogP contribution in [0.2, 0.25) is 0 Å². The van der Waals surface area contributed by atoms with E-state index in [4.69, 9.17) is 14.2 Å². The van der Waals surface area contributed by atoms with Gasteiger partial charge in [0.05, 0.1) is 0 Å². The molecule has 4 fully saturated rings. The Morgan fingerprint density at radius 3 is 2.15 bits per heavy atom. The minimum absolute atomic E-state index is 0.0149. The summed E-state index contributed by atoms with van der Waals surface area (Å²) in [6, 6.07) is 0. The smallest absolute Gasteiger partial charge is 0.302 e. The standard InChI is InChI=1S/C32H52O7/c1-8-23-26-16-22(37-19(3)34)13-14-31(26,6)27-17-28(38-20(4)35)32(7)24(18(2)10-9-15-33)11-12-25(32)29(27)30(23)39-21(5)36/h18,22-30,33H,8-17H2,1-7H3/t18-,22-,23-,24-,25+,26+,27+,28+,29+,30-,31+,32-/m1/s1. The van der Waals surface area contributed by atoms with E-state index in [2.05, 4.69) is 27.7 Å². The van der Waals surface area contributed by atoms with Crippen LogP contribution in [0.4, 0.5) is 0 Å². The number of esters is 3. The molecule has 0 aromatic rings. The molecule has 7 nitrogen and oxygen atoms in total. The second-order valence-electron chi connectivity index (χ2n) is 13.8. The summed E-state index contributed by atoms with van der Waals surface area (Å²) in [5.74, 6) is 1.27. The molecule has 0 aromatic carbocycles. The highest BCUT2D eigenvalue weighted by atomic mass is 16.6. The highest BCUT2D eigenvalue weighted by Gasteiger charge is 2.69. The highest BCUT2D eigenvalue weighted by Crippen LogP contribution is 2.70. The summed E-state index contributed by atoms with van der Waals surface area (Å²) < 4.78 is 18.3. The van der Waals surface area contributed by atoms with Crippen molar-refractivity contribution in [3.8, 4) is 0 Å². The molecule has 0 radical (unpaired) electrons. The van der Waals surface area contributed by atoms with E-state index in [0.717, 1.165) is 57.8 Å². The largest absolute Gasteiger partial charge is 0.463 e. The minimum Gasteiger partial charge on any atom is -0.463 e. The Balaban J connectivity index is 1.79. The number of rotatable bonds is 8. The number of aliphatic hydroxyl groups excluding tert-OH is 1. The number of carbonyl (C=O) groups excluding carboxylic acids is 3. The fourth-order valence-electron chi connectivity index (χ4n) is 10.5. The van der Waals surface area contributed by atoms with Gasteiger partial charge in [0.15, 0.2) is 0 Å². The van der Waals surface area contributed by atoms with Gasteiger partial charge in [-0.3, -0.25) is 14.4 Å². The molecule has 0 unspecified atom stereocenters. The van der Waals surface area contributed by atoms with Crippen molar-refractivity contribution in [3.05, 3.63) is 0 Å². The van der Waals surface area contributed by atoms with Crippen LogP contribution in [0.15, 0.2) is 0 Å². The molecular formula is C32H52O7. The molecule has 0 aromatic heterocycles. The first-order valence-corrected chi connectivity index (χ1v) is 15.5. The molecule has 0 spiro atoms. The Bertz CT molecular complexity index is 918. The van der Waals surface area contributed by atoms with E-state index < -0.39 is 0 Å². The fourth-order valence-corrected chi connectivity index (χ4v) is 10.5. The lowest BCUT2D eigenvalue weighted by Crippen LogP contribution is -2.66. The SMILES string of the molecule is CC[C@H]1[C@@H](OC(C)=O)[C@@H]2[C@H](C[C@H](OC(C)=O)[C@]3(C)[C@@H]([C@H](C)CCCO)CC[C@@H]23)[C@@]2(C)CC[C@@H](OC(C)=O)C[C@@H]12. The van der Waals surface area contributed by atoms with E-state index in [1.165, 1.54) is 20.8 Å². The molecule has 0 heterocycles. The van der Waals surface area contributed by atoms with Gasteiger partial charge in [0.1, 0.15) is 18.3 Å². The first-order valence-electron chi connectivity index (χ1n) is 15.5. The summed E-state index contributed by atoms with van der Waals surface area (Å²) >= 11 is 0. The van der Waals surface area contributed by atoms with Crippen molar-refractivity contribution < 1.29 is 33.7 Å². The van der Waals surface area contributed by atoms with Gasteiger partial charge in [0.2, 0.25) is 0 Å². The second-order valence-corrected chi connectivity index (χ2v) is 13.8. The molecule has 0 aliphatic heterocycles. The zero-order valence-electron chi connectivity index (χ0n) is 25.2. The van der Waals surface area contributed by atoms with Gasteiger partial charge < -0.3 is 19.3 Å². The third-order valence-corrected chi connectivity index (χ3v) is 11.9. The Hall–Kier alpha value is -1.63. The fraction of sp³-hybridized carbons (Fsp3) is 0.906. The third-order valence-electron chi connectivity index (χ3n) is 11.9. The topological polar surface area (TPSA) is 99.1 Å². The lowest BCUT2D eigenvalue weighted by molar-refractivity contribution is -0.241. The first kappa shape index (κ1) is 30.3. The minimum atomic E-state index is -0.238. The molecule has 0 bridgehead atoms. The van der Waals surface area contributed by atoms with Crippen molar-refractivity contribution >= 4 is 17.9 Å². The van der Waals surface area contributed by atoms with Gasteiger partial charge in [0.25, 0.3) is 0 Å². The monoisotopic (exact) mass is 548 g/mol. The molecule has 0 amide bonds. The maximum Gasteiger partial charge on any atom is 0.302 e. The van der Waals surface area contributed by atoms with Crippen LogP contribution in [0, 0.1) is 52.3 Å². The molecule has 7 heteroatoms. The van der Waals surface area contributed by atoms with Crippen LogP contribution in [0.3, 0.4) is 0 Å². The van der Waals surface area contributed by atoms with E-state index in [1.807, 2.05) is 0 Å². The first-order chi connectivity index (χ1) is 18.4. The zero-order chi connectivity index (χ0) is 28.7. The van der Waals surface area contributed by atoms with Crippen LogP contribution < -0.4 is 0 Å². The van der Waals surface area contributed by atoms with Gasteiger partial charge in [-0.1, -0.05) is 27.7 Å². The van der Waals surface area contributed by atoms with Crippen molar-refractivity contribution in [2.24, 2.45) is 52.3 Å². The molecule has 12 atom stereocenters. The summed E-state index contributed by atoms with van der Waals surface area (Å²) in [5, 5.41) is 9.51. The van der Waals surface area contributed by atoms with Crippen molar-refractivity contribution in [2.75, 3.05) is 6.61 Å². The predicted molar refractivity (Wildman–Crippen MR) is 147 cm³/mol. The van der Waals surface area contributed by atoms with Crippen LogP contribution in [0.25, 0.3) is 0 Å².